The van der Waals surface area contributed by atoms with E-state index >= 15 is 0 Å². The molecular weight excluding hydrogens is 364 g/mol. The van der Waals surface area contributed by atoms with Gasteiger partial charge in [-0.3, -0.25) is 9.89 Å². The van der Waals surface area contributed by atoms with Crippen LogP contribution in [0.2, 0.25) is 0 Å². The number of methoxy groups -OCH3 is 1. The monoisotopic (exact) mass is 390 g/mol. The molecule has 1 N–H and O–H groups in total. The molecule has 2 aromatic carbocycles. The number of aryl methyl sites for hydroxylation is 2. The van der Waals surface area contributed by atoms with Crippen molar-refractivity contribution in [2.45, 2.75) is 13.8 Å². The summed E-state index contributed by atoms with van der Waals surface area (Å²) in [5.74, 6) is 0.844. The van der Waals surface area contributed by atoms with E-state index in [2.05, 4.69) is 53.2 Å². The normalized spacial score (nSPS) is 14.2. The summed E-state index contributed by atoms with van der Waals surface area (Å²) in [7, 11) is 1.67. The number of nitrogens with one attached hydrogen (secondary N) is 1. The molecule has 0 saturated carbocycles. The summed E-state index contributed by atoms with van der Waals surface area (Å²) in [4.78, 5) is 17.1. The van der Waals surface area contributed by atoms with Crippen LogP contribution in [-0.2, 0) is 0 Å². The van der Waals surface area contributed by atoms with Gasteiger partial charge in [0.15, 0.2) is 0 Å². The molecule has 0 spiro atoms. The second kappa shape index (κ2) is 7.99. The van der Waals surface area contributed by atoms with Crippen LogP contribution in [0.25, 0.3) is 11.3 Å². The van der Waals surface area contributed by atoms with E-state index in [1.165, 1.54) is 5.56 Å². The average molecular weight is 390 g/mol. The van der Waals surface area contributed by atoms with Gasteiger partial charge in [-0.2, -0.15) is 5.10 Å². The third-order valence-corrected chi connectivity index (χ3v) is 5.45. The largest absolute Gasteiger partial charge is 0.497 e. The first-order chi connectivity index (χ1) is 14.0. The molecule has 6 heteroatoms. The van der Waals surface area contributed by atoms with E-state index in [-0.39, 0.29) is 5.91 Å². The zero-order chi connectivity index (χ0) is 20.4. The van der Waals surface area contributed by atoms with Crippen molar-refractivity contribution in [1.29, 1.82) is 0 Å². The first kappa shape index (κ1) is 19.1. The summed E-state index contributed by atoms with van der Waals surface area (Å²) < 4.78 is 5.31. The number of piperazine rings is 1. The Balaban J connectivity index is 1.43. The molecule has 0 radical (unpaired) electrons. The minimum Gasteiger partial charge on any atom is -0.497 e. The molecule has 0 unspecified atom stereocenters. The molecule has 1 saturated heterocycles. The van der Waals surface area contributed by atoms with Crippen molar-refractivity contribution in [2.75, 3.05) is 38.2 Å². The molecule has 29 heavy (non-hydrogen) atoms. The number of H-pyrrole nitrogens is 1. The van der Waals surface area contributed by atoms with Crippen LogP contribution in [0.1, 0.15) is 21.6 Å². The molecule has 6 nitrogen and oxygen atoms in total. The predicted octanol–water partition coefficient (Wildman–Crippen LogP) is 3.66. The summed E-state index contributed by atoms with van der Waals surface area (Å²) in [6.45, 7) is 7.06. The third-order valence-electron chi connectivity index (χ3n) is 5.45. The van der Waals surface area contributed by atoms with Gasteiger partial charge in [-0.25, -0.2) is 0 Å². The Morgan fingerprint density at radius 1 is 1.03 bits per heavy atom. The van der Waals surface area contributed by atoms with E-state index in [4.69, 9.17) is 4.74 Å². The number of nitrogens with zero attached hydrogens (tertiary/aromatic N) is 3. The molecule has 0 bridgehead atoms. The minimum absolute atomic E-state index is 0.00110. The summed E-state index contributed by atoms with van der Waals surface area (Å²) in [6, 6.07) is 16.1. The van der Waals surface area contributed by atoms with Crippen LogP contribution in [0.3, 0.4) is 0 Å². The Labute approximate surface area is 171 Å². The standard InChI is InChI=1S/C23H26N4O2/c1-16-7-8-20(17(2)13-16)21-15-22(25-24-21)23(28)27-11-9-26(10-12-27)18-5-4-6-19(14-18)29-3/h4-8,13-15H,9-12H2,1-3H3,(H,24,25). The molecule has 150 valence electrons. The van der Waals surface area contributed by atoms with E-state index in [9.17, 15) is 4.79 Å². The van der Waals surface area contributed by atoms with Crippen molar-refractivity contribution in [3.63, 3.8) is 0 Å². The molecule has 4 rings (SSSR count). The Morgan fingerprint density at radius 2 is 1.83 bits per heavy atom. The Kier molecular flexibility index (Phi) is 5.25. The summed E-state index contributed by atoms with van der Waals surface area (Å²) >= 11 is 0. The average Bonchev–Trinajstić information content (AvgIpc) is 3.23. The molecule has 3 aromatic rings. The van der Waals surface area contributed by atoms with Gasteiger partial charge in [-0.15, -0.1) is 0 Å². The zero-order valence-electron chi connectivity index (χ0n) is 17.1. The minimum atomic E-state index is -0.00110. The molecule has 2 heterocycles. The van der Waals surface area contributed by atoms with Gasteiger partial charge in [0.05, 0.1) is 12.8 Å². The highest BCUT2D eigenvalue weighted by atomic mass is 16.5. The Hall–Kier alpha value is -3.28. The van der Waals surface area contributed by atoms with Crippen LogP contribution in [0, 0.1) is 13.8 Å². The molecule has 1 amide bonds. The number of aromatic nitrogens is 2. The molecule has 1 aliphatic heterocycles. The Bertz CT molecular complexity index is 1020. The fourth-order valence-electron chi connectivity index (χ4n) is 3.82. The van der Waals surface area contributed by atoms with Crippen molar-refractivity contribution in [3.05, 3.63) is 65.4 Å². The number of rotatable bonds is 4. The van der Waals surface area contributed by atoms with Gasteiger partial charge in [0, 0.05) is 43.5 Å². The van der Waals surface area contributed by atoms with Gasteiger partial charge in [0.1, 0.15) is 11.4 Å². The highest BCUT2D eigenvalue weighted by molar-refractivity contribution is 5.93. The Morgan fingerprint density at radius 3 is 2.55 bits per heavy atom. The van der Waals surface area contributed by atoms with Crippen molar-refractivity contribution < 1.29 is 9.53 Å². The summed E-state index contributed by atoms with van der Waals surface area (Å²) in [6.07, 6.45) is 0. The summed E-state index contributed by atoms with van der Waals surface area (Å²) in [5, 5.41) is 7.31. The van der Waals surface area contributed by atoms with E-state index in [1.807, 2.05) is 29.2 Å². The van der Waals surface area contributed by atoms with Crippen LogP contribution in [0.5, 0.6) is 5.75 Å². The van der Waals surface area contributed by atoms with Crippen LogP contribution in [0.15, 0.2) is 48.5 Å². The number of carbonyl (C=O) groups is 1. The molecule has 1 aromatic heterocycles. The van der Waals surface area contributed by atoms with Crippen molar-refractivity contribution in [3.8, 4) is 17.0 Å². The van der Waals surface area contributed by atoms with E-state index in [0.29, 0.717) is 18.8 Å². The number of amides is 1. The van der Waals surface area contributed by atoms with Crippen LogP contribution in [0.4, 0.5) is 5.69 Å². The van der Waals surface area contributed by atoms with Crippen LogP contribution >= 0.6 is 0 Å². The maximum atomic E-state index is 12.9. The van der Waals surface area contributed by atoms with E-state index in [0.717, 1.165) is 41.3 Å². The smallest absolute Gasteiger partial charge is 0.272 e. The van der Waals surface area contributed by atoms with Crippen molar-refractivity contribution in [2.24, 2.45) is 0 Å². The fraction of sp³-hybridized carbons (Fsp3) is 0.304. The van der Waals surface area contributed by atoms with Gasteiger partial charge in [0.2, 0.25) is 0 Å². The maximum Gasteiger partial charge on any atom is 0.272 e. The predicted molar refractivity (Wildman–Crippen MR) is 115 cm³/mol. The number of benzene rings is 2. The van der Waals surface area contributed by atoms with Crippen LogP contribution in [-0.4, -0.2) is 54.3 Å². The number of hydrogen-bond acceptors (Lipinski definition) is 4. The molecular formula is C23H26N4O2. The van der Waals surface area contributed by atoms with E-state index < -0.39 is 0 Å². The molecule has 0 atom stereocenters. The molecule has 0 aliphatic carbocycles. The zero-order valence-corrected chi connectivity index (χ0v) is 17.1. The lowest BCUT2D eigenvalue weighted by Crippen LogP contribution is -2.48. The number of carbonyl (C=O) groups excluding carboxylic acids is 1. The van der Waals surface area contributed by atoms with Crippen LogP contribution < -0.4 is 9.64 Å². The number of anilines is 1. The second-order valence-electron chi connectivity index (χ2n) is 7.47. The van der Waals surface area contributed by atoms with Crippen molar-refractivity contribution >= 4 is 11.6 Å². The number of aromatic amines is 1. The lowest BCUT2D eigenvalue weighted by atomic mass is 10.0. The number of ether oxygens (including phenoxy) is 1. The topological polar surface area (TPSA) is 61.5 Å². The second-order valence-corrected chi connectivity index (χ2v) is 7.47. The lowest BCUT2D eigenvalue weighted by Gasteiger charge is -2.36. The maximum absolute atomic E-state index is 12.9. The van der Waals surface area contributed by atoms with Gasteiger partial charge in [-0.05, 0) is 37.6 Å². The SMILES string of the molecule is COc1cccc(N2CCN(C(=O)c3cc(-c4ccc(C)cc4C)n[nH]3)CC2)c1. The fourth-order valence-corrected chi connectivity index (χ4v) is 3.82. The lowest BCUT2D eigenvalue weighted by molar-refractivity contribution is 0.0741. The highest BCUT2D eigenvalue weighted by Gasteiger charge is 2.24. The van der Waals surface area contributed by atoms with Gasteiger partial charge in [0.25, 0.3) is 5.91 Å². The first-order valence-corrected chi connectivity index (χ1v) is 9.86. The number of hydrogen-bond donors (Lipinski definition) is 1. The van der Waals surface area contributed by atoms with Gasteiger partial charge < -0.3 is 14.5 Å². The van der Waals surface area contributed by atoms with E-state index in [1.54, 1.807) is 7.11 Å². The molecule has 1 aliphatic rings. The third kappa shape index (κ3) is 3.97. The first-order valence-electron chi connectivity index (χ1n) is 9.86. The highest BCUT2D eigenvalue weighted by Crippen LogP contribution is 2.25. The van der Waals surface area contributed by atoms with Gasteiger partial charge >= 0.3 is 0 Å². The van der Waals surface area contributed by atoms with Crippen molar-refractivity contribution in [1.82, 2.24) is 15.1 Å². The quantitative estimate of drug-likeness (QED) is 0.738. The summed E-state index contributed by atoms with van der Waals surface area (Å²) in [5.41, 5.74) is 5.88. The molecule has 1 fully saturated rings. The van der Waals surface area contributed by atoms with Gasteiger partial charge in [-0.1, -0.05) is 29.8 Å².